The van der Waals surface area contributed by atoms with Gasteiger partial charge >= 0.3 is 0 Å². The third kappa shape index (κ3) is 4.20. The second-order valence-electron chi connectivity index (χ2n) is 6.31. The van der Waals surface area contributed by atoms with Crippen molar-refractivity contribution in [1.29, 1.82) is 0 Å². The SMILES string of the molecule is COc1cc(CSc2nnc(-c3cccnc3)n2-c2ccccc2)c(OC)cc1Br. The number of benzene rings is 2. The highest BCUT2D eigenvalue weighted by Gasteiger charge is 2.18. The van der Waals surface area contributed by atoms with Gasteiger partial charge < -0.3 is 9.47 Å². The van der Waals surface area contributed by atoms with Gasteiger partial charge in [0.2, 0.25) is 0 Å². The highest BCUT2D eigenvalue weighted by atomic mass is 79.9. The van der Waals surface area contributed by atoms with Crippen LogP contribution in [0.3, 0.4) is 0 Å². The highest BCUT2D eigenvalue weighted by Crippen LogP contribution is 2.36. The summed E-state index contributed by atoms with van der Waals surface area (Å²) in [5, 5.41) is 9.70. The molecule has 0 spiro atoms. The smallest absolute Gasteiger partial charge is 0.196 e. The fourth-order valence-corrected chi connectivity index (χ4v) is 4.45. The predicted octanol–water partition coefficient (Wildman–Crippen LogP) is 5.40. The normalized spacial score (nSPS) is 10.8. The molecule has 0 radical (unpaired) electrons. The van der Waals surface area contributed by atoms with Crippen LogP contribution in [0.1, 0.15) is 5.56 Å². The Hall–Kier alpha value is -2.84. The van der Waals surface area contributed by atoms with E-state index < -0.39 is 0 Å². The van der Waals surface area contributed by atoms with E-state index >= 15 is 0 Å². The molecule has 0 N–H and O–H groups in total. The number of rotatable bonds is 7. The number of nitrogens with zero attached hydrogens (tertiary/aromatic N) is 4. The largest absolute Gasteiger partial charge is 0.496 e. The van der Waals surface area contributed by atoms with Crippen LogP contribution in [-0.2, 0) is 5.75 Å². The molecule has 0 fully saturated rings. The Morgan fingerprint density at radius 3 is 2.47 bits per heavy atom. The standard InChI is InChI=1S/C22H19BrN4O2S/c1-28-19-12-18(23)20(29-2)11-16(19)14-30-22-26-25-21(15-7-6-10-24-13-15)27(22)17-8-4-3-5-9-17/h3-13H,14H2,1-2H3. The average Bonchev–Trinajstić information content (AvgIpc) is 3.23. The summed E-state index contributed by atoms with van der Waals surface area (Å²) < 4.78 is 13.9. The number of halogens is 1. The number of hydrogen-bond acceptors (Lipinski definition) is 6. The maximum absolute atomic E-state index is 5.55. The molecule has 0 aliphatic carbocycles. The van der Waals surface area contributed by atoms with Gasteiger partial charge in [0.25, 0.3) is 0 Å². The quantitative estimate of drug-likeness (QED) is 0.328. The maximum Gasteiger partial charge on any atom is 0.196 e. The predicted molar refractivity (Wildman–Crippen MR) is 121 cm³/mol. The number of hydrogen-bond donors (Lipinski definition) is 0. The van der Waals surface area contributed by atoms with Crippen LogP contribution in [0.15, 0.2) is 76.6 Å². The Kier molecular flexibility index (Phi) is 6.35. The number of ether oxygens (including phenoxy) is 2. The zero-order chi connectivity index (χ0) is 20.9. The number of methoxy groups -OCH3 is 2. The van der Waals surface area contributed by atoms with Crippen LogP contribution < -0.4 is 9.47 Å². The van der Waals surface area contributed by atoms with E-state index in [-0.39, 0.29) is 0 Å². The van der Waals surface area contributed by atoms with Crippen LogP contribution in [0, 0.1) is 0 Å². The molecule has 2 aromatic heterocycles. The third-order valence-electron chi connectivity index (χ3n) is 4.48. The van der Waals surface area contributed by atoms with Crippen LogP contribution >= 0.6 is 27.7 Å². The first-order valence-electron chi connectivity index (χ1n) is 9.15. The molecular weight excluding hydrogens is 464 g/mol. The summed E-state index contributed by atoms with van der Waals surface area (Å²) in [6, 6.07) is 17.8. The van der Waals surface area contributed by atoms with Gasteiger partial charge in [-0.15, -0.1) is 10.2 Å². The molecule has 4 aromatic rings. The zero-order valence-electron chi connectivity index (χ0n) is 16.4. The number of pyridine rings is 1. The molecule has 8 heteroatoms. The highest BCUT2D eigenvalue weighted by molar-refractivity contribution is 9.10. The summed E-state index contributed by atoms with van der Waals surface area (Å²) in [6.07, 6.45) is 3.54. The zero-order valence-corrected chi connectivity index (χ0v) is 18.9. The molecule has 0 unspecified atom stereocenters. The van der Waals surface area contributed by atoms with Crippen molar-refractivity contribution < 1.29 is 9.47 Å². The molecule has 2 aromatic carbocycles. The second kappa shape index (κ2) is 9.32. The Morgan fingerprint density at radius 1 is 0.967 bits per heavy atom. The Labute approximate surface area is 187 Å². The number of aromatic nitrogens is 4. The molecule has 4 rings (SSSR count). The van der Waals surface area contributed by atoms with Gasteiger partial charge in [0.15, 0.2) is 11.0 Å². The minimum Gasteiger partial charge on any atom is -0.496 e. The van der Waals surface area contributed by atoms with Gasteiger partial charge in [0.05, 0.1) is 18.7 Å². The Morgan fingerprint density at radius 2 is 1.77 bits per heavy atom. The van der Waals surface area contributed by atoms with Gasteiger partial charge in [-0.2, -0.15) is 0 Å². The van der Waals surface area contributed by atoms with Crippen molar-refractivity contribution in [1.82, 2.24) is 19.7 Å². The molecular formula is C22H19BrN4O2S. The molecule has 30 heavy (non-hydrogen) atoms. The first kappa shape index (κ1) is 20.4. The summed E-state index contributed by atoms with van der Waals surface area (Å²) in [7, 11) is 3.31. The molecule has 0 bridgehead atoms. The van der Waals surface area contributed by atoms with Gasteiger partial charge in [-0.25, -0.2) is 0 Å². The lowest BCUT2D eigenvalue weighted by Gasteiger charge is -2.13. The third-order valence-corrected chi connectivity index (χ3v) is 6.08. The van der Waals surface area contributed by atoms with E-state index in [1.165, 1.54) is 0 Å². The monoisotopic (exact) mass is 482 g/mol. The van der Waals surface area contributed by atoms with Crippen LogP contribution in [0.5, 0.6) is 11.5 Å². The molecule has 0 aliphatic rings. The second-order valence-corrected chi connectivity index (χ2v) is 8.10. The van der Waals surface area contributed by atoms with Crippen molar-refractivity contribution in [3.8, 4) is 28.6 Å². The fraction of sp³-hybridized carbons (Fsp3) is 0.136. The lowest BCUT2D eigenvalue weighted by atomic mass is 10.2. The molecule has 2 heterocycles. The Bertz CT molecular complexity index is 1140. The van der Waals surface area contributed by atoms with E-state index in [0.29, 0.717) is 5.75 Å². The molecule has 0 saturated heterocycles. The van der Waals surface area contributed by atoms with E-state index in [4.69, 9.17) is 9.47 Å². The van der Waals surface area contributed by atoms with E-state index in [9.17, 15) is 0 Å². The summed E-state index contributed by atoms with van der Waals surface area (Å²) >= 11 is 5.09. The van der Waals surface area contributed by atoms with E-state index in [1.54, 1.807) is 38.4 Å². The first-order valence-corrected chi connectivity index (χ1v) is 10.9. The maximum atomic E-state index is 5.55. The topological polar surface area (TPSA) is 62.1 Å². The number of thioether (sulfide) groups is 1. The van der Waals surface area contributed by atoms with Crippen LogP contribution in [-0.4, -0.2) is 34.0 Å². The molecule has 0 aliphatic heterocycles. The summed E-state index contributed by atoms with van der Waals surface area (Å²) in [5.41, 5.74) is 2.90. The number of para-hydroxylation sites is 1. The van der Waals surface area contributed by atoms with Crippen molar-refractivity contribution in [2.24, 2.45) is 0 Å². The molecule has 6 nitrogen and oxygen atoms in total. The van der Waals surface area contributed by atoms with Crippen molar-refractivity contribution >= 4 is 27.7 Å². The lowest BCUT2D eigenvalue weighted by molar-refractivity contribution is 0.398. The molecule has 0 atom stereocenters. The summed E-state index contributed by atoms with van der Waals surface area (Å²) in [6.45, 7) is 0. The van der Waals surface area contributed by atoms with Gasteiger partial charge in [0, 0.05) is 35.0 Å². The van der Waals surface area contributed by atoms with E-state index in [1.807, 2.05) is 59.2 Å². The molecule has 0 saturated carbocycles. The molecule has 152 valence electrons. The van der Waals surface area contributed by atoms with Crippen molar-refractivity contribution in [3.63, 3.8) is 0 Å². The minimum absolute atomic E-state index is 0.644. The van der Waals surface area contributed by atoms with Crippen LogP contribution in [0.2, 0.25) is 0 Å². The van der Waals surface area contributed by atoms with Crippen LogP contribution in [0.4, 0.5) is 0 Å². The van der Waals surface area contributed by atoms with E-state index in [0.717, 1.165) is 43.8 Å². The van der Waals surface area contributed by atoms with Crippen LogP contribution in [0.25, 0.3) is 17.1 Å². The van der Waals surface area contributed by atoms with Gasteiger partial charge in [-0.05, 0) is 52.3 Å². The van der Waals surface area contributed by atoms with Crippen molar-refractivity contribution in [3.05, 3.63) is 77.0 Å². The Balaban J connectivity index is 1.72. The first-order chi connectivity index (χ1) is 14.7. The van der Waals surface area contributed by atoms with Gasteiger partial charge in [-0.1, -0.05) is 30.0 Å². The van der Waals surface area contributed by atoms with Gasteiger partial charge in [-0.3, -0.25) is 9.55 Å². The summed E-state index contributed by atoms with van der Waals surface area (Å²) in [5.74, 6) is 2.93. The fourth-order valence-electron chi connectivity index (χ4n) is 3.03. The summed E-state index contributed by atoms with van der Waals surface area (Å²) in [4.78, 5) is 4.23. The van der Waals surface area contributed by atoms with E-state index in [2.05, 4.69) is 31.1 Å². The minimum atomic E-state index is 0.644. The lowest BCUT2D eigenvalue weighted by Crippen LogP contribution is -2.00. The molecule has 0 amide bonds. The average molecular weight is 483 g/mol. The van der Waals surface area contributed by atoms with Crippen molar-refractivity contribution in [2.75, 3.05) is 14.2 Å². The van der Waals surface area contributed by atoms with Crippen molar-refractivity contribution in [2.45, 2.75) is 10.9 Å². The van der Waals surface area contributed by atoms with Gasteiger partial charge in [0.1, 0.15) is 11.5 Å².